The third-order valence-corrected chi connectivity index (χ3v) is 2.84. The van der Waals surface area contributed by atoms with Crippen LogP contribution in [0.25, 0.3) is 0 Å². The fourth-order valence-electron chi connectivity index (χ4n) is 1.81. The molecule has 0 aromatic heterocycles. The normalized spacial score (nSPS) is 27.8. The SMILES string of the molecule is CCOC1=N[C@@](C)(CO)C(OCC)=N[C@H]1C(C)C. The second-order valence-electron chi connectivity index (χ2n) is 4.87. The van der Waals surface area contributed by atoms with Gasteiger partial charge in [0.1, 0.15) is 6.04 Å². The highest BCUT2D eigenvalue weighted by Crippen LogP contribution is 2.24. The van der Waals surface area contributed by atoms with Crippen molar-refractivity contribution in [3.05, 3.63) is 0 Å². The van der Waals surface area contributed by atoms with Gasteiger partial charge in [0, 0.05) is 0 Å². The van der Waals surface area contributed by atoms with Gasteiger partial charge in [0.15, 0.2) is 5.54 Å². The highest BCUT2D eigenvalue weighted by atomic mass is 16.5. The Morgan fingerprint density at radius 3 is 2.33 bits per heavy atom. The van der Waals surface area contributed by atoms with E-state index in [1.807, 2.05) is 13.8 Å². The molecular formula is C13H24N2O3. The van der Waals surface area contributed by atoms with Gasteiger partial charge in [-0.1, -0.05) is 13.8 Å². The standard InChI is InChI=1S/C13H24N2O3/c1-6-17-11-10(9(3)4)14-12(18-7-2)13(5,8-16)15-11/h9-10,16H,6-8H2,1-5H3/t10-,13-/m0/s1. The molecule has 0 radical (unpaired) electrons. The summed E-state index contributed by atoms with van der Waals surface area (Å²) in [5.74, 6) is 1.36. The summed E-state index contributed by atoms with van der Waals surface area (Å²) < 4.78 is 11.1. The maximum Gasteiger partial charge on any atom is 0.215 e. The summed E-state index contributed by atoms with van der Waals surface area (Å²) >= 11 is 0. The van der Waals surface area contributed by atoms with Crippen LogP contribution in [0, 0.1) is 5.92 Å². The van der Waals surface area contributed by atoms with E-state index in [0.717, 1.165) is 0 Å². The lowest BCUT2D eigenvalue weighted by Crippen LogP contribution is -2.47. The van der Waals surface area contributed by atoms with Crippen molar-refractivity contribution >= 4 is 11.8 Å². The summed E-state index contributed by atoms with van der Waals surface area (Å²) in [4.78, 5) is 9.09. The molecule has 0 fully saturated rings. The number of nitrogens with zero attached hydrogens (tertiary/aromatic N) is 2. The van der Waals surface area contributed by atoms with Crippen LogP contribution in [0.4, 0.5) is 0 Å². The first-order valence-corrected chi connectivity index (χ1v) is 6.53. The molecule has 0 bridgehead atoms. The molecule has 0 saturated carbocycles. The molecule has 0 amide bonds. The summed E-state index contributed by atoms with van der Waals surface area (Å²) in [6.07, 6.45) is 0. The number of aliphatic hydroxyl groups is 1. The zero-order valence-corrected chi connectivity index (χ0v) is 11.9. The van der Waals surface area contributed by atoms with Crippen LogP contribution in [0.2, 0.25) is 0 Å². The highest BCUT2D eigenvalue weighted by molar-refractivity contribution is 5.96. The summed E-state index contributed by atoms with van der Waals surface area (Å²) in [6, 6.07) is -0.133. The Bertz CT molecular complexity index is 339. The molecule has 1 rings (SSSR count). The van der Waals surface area contributed by atoms with Crippen molar-refractivity contribution in [2.45, 2.75) is 46.2 Å². The molecule has 1 aliphatic rings. The van der Waals surface area contributed by atoms with E-state index in [9.17, 15) is 5.11 Å². The second-order valence-corrected chi connectivity index (χ2v) is 4.87. The van der Waals surface area contributed by atoms with Crippen LogP contribution in [-0.4, -0.2) is 48.3 Å². The molecule has 1 heterocycles. The van der Waals surface area contributed by atoms with E-state index in [4.69, 9.17) is 9.47 Å². The van der Waals surface area contributed by atoms with Crippen molar-refractivity contribution in [2.24, 2.45) is 15.9 Å². The van der Waals surface area contributed by atoms with Crippen molar-refractivity contribution in [1.29, 1.82) is 0 Å². The minimum Gasteiger partial charge on any atom is -0.480 e. The number of rotatable bonds is 4. The zero-order chi connectivity index (χ0) is 13.8. The Hall–Kier alpha value is -1.10. The van der Waals surface area contributed by atoms with Crippen molar-refractivity contribution in [1.82, 2.24) is 0 Å². The van der Waals surface area contributed by atoms with Crippen molar-refractivity contribution in [3.63, 3.8) is 0 Å². The van der Waals surface area contributed by atoms with Gasteiger partial charge in [-0.3, -0.25) is 0 Å². The van der Waals surface area contributed by atoms with Gasteiger partial charge in [-0.05, 0) is 26.7 Å². The van der Waals surface area contributed by atoms with Gasteiger partial charge in [-0.15, -0.1) is 0 Å². The lowest BCUT2D eigenvalue weighted by molar-refractivity contribution is 0.199. The van der Waals surface area contributed by atoms with Crippen LogP contribution in [0.5, 0.6) is 0 Å². The molecule has 1 aliphatic heterocycles. The first kappa shape index (κ1) is 15.0. The number of aliphatic imine (C=N–C) groups is 2. The quantitative estimate of drug-likeness (QED) is 0.831. The van der Waals surface area contributed by atoms with Crippen molar-refractivity contribution in [2.75, 3.05) is 19.8 Å². The summed E-state index contributed by atoms with van der Waals surface area (Å²) in [7, 11) is 0. The molecule has 2 atom stereocenters. The van der Waals surface area contributed by atoms with Crippen LogP contribution in [0.15, 0.2) is 9.98 Å². The van der Waals surface area contributed by atoms with Crippen molar-refractivity contribution < 1.29 is 14.6 Å². The monoisotopic (exact) mass is 256 g/mol. The Morgan fingerprint density at radius 2 is 1.89 bits per heavy atom. The van der Waals surface area contributed by atoms with E-state index in [1.54, 1.807) is 6.92 Å². The maximum absolute atomic E-state index is 9.53. The first-order valence-electron chi connectivity index (χ1n) is 6.53. The molecule has 5 nitrogen and oxygen atoms in total. The van der Waals surface area contributed by atoms with Gasteiger partial charge in [-0.25, -0.2) is 9.98 Å². The fourth-order valence-corrected chi connectivity index (χ4v) is 1.81. The van der Waals surface area contributed by atoms with Crippen LogP contribution in [-0.2, 0) is 9.47 Å². The number of hydrogen-bond acceptors (Lipinski definition) is 5. The van der Waals surface area contributed by atoms with Gasteiger partial charge in [0.2, 0.25) is 11.8 Å². The van der Waals surface area contributed by atoms with Crippen LogP contribution < -0.4 is 0 Å². The second kappa shape index (κ2) is 6.18. The van der Waals surface area contributed by atoms with Gasteiger partial charge >= 0.3 is 0 Å². The average molecular weight is 256 g/mol. The fraction of sp³-hybridized carbons (Fsp3) is 0.846. The van der Waals surface area contributed by atoms with Crippen molar-refractivity contribution in [3.8, 4) is 0 Å². The molecule has 0 saturated heterocycles. The predicted octanol–water partition coefficient (Wildman–Crippen LogP) is 1.65. The molecule has 0 aromatic rings. The first-order chi connectivity index (χ1) is 8.48. The molecule has 5 heteroatoms. The highest BCUT2D eigenvalue weighted by Gasteiger charge is 2.39. The Kier molecular flexibility index (Phi) is 5.14. The topological polar surface area (TPSA) is 63.4 Å². The van der Waals surface area contributed by atoms with E-state index in [1.165, 1.54) is 0 Å². The molecule has 1 N–H and O–H groups in total. The smallest absolute Gasteiger partial charge is 0.215 e. The number of ether oxygens (including phenoxy) is 2. The van der Waals surface area contributed by atoms with E-state index in [0.29, 0.717) is 25.0 Å². The van der Waals surface area contributed by atoms with Crippen LogP contribution >= 0.6 is 0 Å². The van der Waals surface area contributed by atoms with E-state index in [2.05, 4.69) is 23.8 Å². The lowest BCUT2D eigenvalue weighted by Gasteiger charge is -2.33. The molecular weight excluding hydrogens is 232 g/mol. The minimum absolute atomic E-state index is 0.133. The Balaban J connectivity index is 3.10. The molecule has 0 aliphatic carbocycles. The Labute approximate surface area is 109 Å². The number of aliphatic hydroxyl groups excluding tert-OH is 1. The maximum atomic E-state index is 9.53. The van der Waals surface area contributed by atoms with Gasteiger partial charge in [0.05, 0.1) is 19.8 Å². The molecule has 104 valence electrons. The van der Waals surface area contributed by atoms with Crippen LogP contribution in [0.3, 0.4) is 0 Å². The molecule has 0 aromatic carbocycles. The minimum atomic E-state index is -0.827. The third kappa shape index (κ3) is 3.02. The molecule has 0 spiro atoms. The van der Waals surface area contributed by atoms with Crippen LogP contribution in [0.1, 0.15) is 34.6 Å². The predicted molar refractivity (Wildman–Crippen MR) is 72.2 cm³/mol. The van der Waals surface area contributed by atoms with Gasteiger partial charge in [0.25, 0.3) is 0 Å². The number of hydrogen-bond donors (Lipinski definition) is 1. The van der Waals surface area contributed by atoms with E-state index >= 15 is 0 Å². The summed E-state index contributed by atoms with van der Waals surface area (Å²) in [5, 5.41) is 9.53. The summed E-state index contributed by atoms with van der Waals surface area (Å²) in [6.45, 7) is 10.7. The van der Waals surface area contributed by atoms with Gasteiger partial charge < -0.3 is 14.6 Å². The Morgan fingerprint density at radius 1 is 1.28 bits per heavy atom. The van der Waals surface area contributed by atoms with Gasteiger partial charge in [-0.2, -0.15) is 0 Å². The largest absolute Gasteiger partial charge is 0.480 e. The van der Waals surface area contributed by atoms with E-state index in [-0.39, 0.29) is 18.6 Å². The summed E-state index contributed by atoms with van der Waals surface area (Å²) in [5.41, 5.74) is -0.827. The van der Waals surface area contributed by atoms with E-state index < -0.39 is 5.54 Å². The molecule has 18 heavy (non-hydrogen) atoms. The third-order valence-electron chi connectivity index (χ3n) is 2.84. The average Bonchev–Trinajstić information content (AvgIpc) is 2.32. The zero-order valence-electron chi connectivity index (χ0n) is 11.9. The molecule has 0 unspecified atom stereocenters. The lowest BCUT2D eigenvalue weighted by atomic mass is 9.97.